The van der Waals surface area contributed by atoms with Gasteiger partial charge in [-0.2, -0.15) is 5.11 Å². The molecule has 2 atom stereocenters. The molecule has 0 amide bonds. The molecule has 0 aromatic heterocycles. The number of ether oxygens (including phenoxy) is 1. The third kappa shape index (κ3) is 4.23. The number of halogens is 3. The molecule has 55 valence electrons. The first-order valence-electron chi connectivity index (χ1n) is 2.28. The van der Waals surface area contributed by atoms with E-state index in [0.717, 1.165) is 0 Å². The van der Waals surface area contributed by atoms with Gasteiger partial charge in [0.2, 0.25) is 12.6 Å². The molecule has 0 bridgehead atoms. The van der Waals surface area contributed by atoms with Crippen molar-refractivity contribution in [3.8, 4) is 0 Å². The Labute approximate surface area is 50.2 Å². The van der Waals surface area contributed by atoms with Gasteiger partial charge in [-0.15, -0.1) is 0 Å². The predicted molar refractivity (Wildman–Crippen MR) is 22.4 cm³/mol. The molecule has 0 saturated carbocycles. The van der Waals surface area contributed by atoms with E-state index in [9.17, 15) is 18.3 Å². The molecular formula is C4H6F3O2. The molecule has 0 N–H and O–H groups in total. The highest BCUT2D eigenvalue weighted by atomic mass is 19.2. The Bertz CT molecular complexity index is 62.8. The molecule has 0 fully saturated rings. The molecule has 2 unspecified atom stereocenters. The van der Waals surface area contributed by atoms with Crippen molar-refractivity contribution in [3.05, 3.63) is 0 Å². The van der Waals surface area contributed by atoms with Gasteiger partial charge in [0.25, 0.3) is 0 Å². The van der Waals surface area contributed by atoms with Crippen LogP contribution in [0.25, 0.3) is 0 Å². The minimum Gasteiger partial charge on any atom is -0.310 e. The summed E-state index contributed by atoms with van der Waals surface area (Å²) in [6, 6.07) is 0. The van der Waals surface area contributed by atoms with Crippen LogP contribution in [0, 0.1) is 0 Å². The van der Waals surface area contributed by atoms with E-state index in [0.29, 0.717) is 0 Å². The van der Waals surface area contributed by atoms with Crippen molar-refractivity contribution in [3.63, 3.8) is 0 Å². The topological polar surface area (TPSA) is 29.1 Å². The Balaban J connectivity index is 3.22. The van der Waals surface area contributed by atoms with E-state index >= 15 is 0 Å². The first-order chi connectivity index (χ1) is 4.20. The largest absolute Gasteiger partial charge is 0.310 e. The van der Waals surface area contributed by atoms with Crippen LogP contribution in [-0.2, 0) is 9.84 Å². The lowest BCUT2D eigenvalue weighted by atomic mass is 10.7. The average Bonchev–Trinajstić information content (AvgIpc) is 1.87. The minimum atomic E-state index is -2.29. The molecule has 0 spiro atoms. The number of rotatable bonds is 4. The Morgan fingerprint density at radius 2 is 1.89 bits per heavy atom. The van der Waals surface area contributed by atoms with Gasteiger partial charge < -0.3 is 4.74 Å². The van der Waals surface area contributed by atoms with Crippen LogP contribution in [0.3, 0.4) is 0 Å². The molecule has 0 aliphatic heterocycles. The van der Waals surface area contributed by atoms with Crippen molar-refractivity contribution in [2.24, 2.45) is 0 Å². The summed E-state index contributed by atoms with van der Waals surface area (Å²) < 4.78 is 37.5. The van der Waals surface area contributed by atoms with E-state index in [1.807, 2.05) is 0 Å². The summed E-state index contributed by atoms with van der Waals surface area (Å²) in [6.45, 7) is -2.76. The quantitative estimate of drug-likeness (QED) is 0.539. The molecule has 0 aliphatic rings. The molecule has 9 heavy (non-hydrogen) atoms. The van der Waals surface area contributed by atoms with Gasteiger partial charge in [0.15, 0.2) is 0 Å². The fourth-order valence-electron chi connectivity index (χ4n) is 0.237. The van der Waals surface area contributed by atoms with Crippen molar-refractivity contribution in [1.82, 2.24) is 0 Å². The first kappa shape index (κ1) is 8.71. The van der Waals surface area contributed by atoms with Gasteiger partial charge in [-0.05, 0) is 0 Å². The standard InChI is InChI=1S/C4H6F3O2/c5-1-3(7)9-4(8)2-6/h3-4H,1-2H2. The molecule has 0 rings (SSSR count). The second kappa shape index (κ2) is 4.58. The second-order valence-corrected chi connectivity index (χ2v) is 1.28. The maximum absolute atomic E-state index is 11.6. The van der Waals surface area contributed by atoms with Crippen molar-refractivity contribution in [2.45, 2.75) is 12.6 Å². The second-order valence-electron chi connectivity index (χ2n) is 1.28. The van der Waals surface area contributed by atoms with Crippen LogP contribution >= 0.6 is 0 Å². The fraction of sp³-hybridized carbons (Fsp3) is 1.00. The monoisotopic (exact) mass is 143 g/mol. The summed E-state index contributed by atoms with van der Waals surface area (Å²) in [6.07, 6.45) is -4.39. The zero-order valence-electron chi connectivity index (χ0n) is 4.52. The summed E-state index contributed by atoms with van der Waals surface area (Å²) in [5.74, 6) is 0. The Morgan fingerprint density at radius 3 is 2.22 bits per heavy atom. The number of alkyl halides is 3. The van der Waals surface area contributed by atoms with Crippen molar-refractivity contribution < 1.29 is 23.0 Å². The van der Waals surface area contributed by atoms with Crippen LogP contribution in [0.5, 0.6) is 0 Å². The van der Waals surface area contributed by atoms with E-state index < -0.39 is 26.0 Å². The maximum Gasteiger partial charge on any atom is 0.230 e. The normalized spacial score (nSPS) is 17.3. The summed E-state index contributed by atoms with van der Waals surface area (Å²) in [5.41, 5.74) is 0. The molecule has 0 heterocycles. The zero-order chi connectivity index (χ0) is 7.28. The van der Waals surface area contributed by atoms with Crippen LogP contribution in [0.15, 0.2) is 0 Å². The minimum absolute atomic E-state index is 1.35. The average molecular weight is 143 g/mol. The molecule has 1 radical (unpaired) electrons. The van der Waals surface area contributed by atoms with E-state index in [4.69, 9.17) is 0 Å². The Hall–Kier alpha value is -0.290. The zero-order valence-corrected chi connectivity index (χ0v) is 4.52. The SMILES string of the molecule is [O]C(CF)OC(F)CF. The van der Waals surface area contributed by atoms with Crippen LogP contribution in [-0.4, -0.2) is 26.0 Å². The molecule has 0 aromatic rings. The summed E-state index contributed by atoms with van der Waals surface area (Å²) >= 11 is 0. The smallest absolute Gasteiger partial charge is 0.230 e. The fourth-order valence-corrected chi connectivity index (χ4v) is 0.237. The highest BCUT2D eigenvalue weighted by Gasteiger charge is 2.13. The van der Waals surface area contributed by atoms with E-state index in [2.05, 4.69) is 4.74 Å². The molecule has 2 nitrogen and oxygen atoms in total. The lowest BCUT2D eigenvalue weighted by Gasteiger charge is -2.06. The van der Waals surface area contributed by atoms with Crippen molar-refractivity contribution in [2.75, 3.05) is 13.3 Å². The maximum atomic E-state index is 11.6. The van der Waals surface area contributed by atoms with Crippen LogP contribution in [0.1, 0.15) is 0 Å². The van der Waals surface area contributed by atoms with Crippen molar-refractivity contribution in [1.29, 1.82) is 0 Å². The number of hydrogen-bond donors (Lipinski definition) is 0. The lowest BCUT2D eigenvalue weighted by Crippen LogP contribution is -2.20. The third-order valence-corrected chi connectivity index (χ3v) is 0.547. The lowest BCUT2D eigenvalue weighted by molar-refractivity contribution is -0.213. The Kier molecular flexibility index (Phi) is 4.43. The van der Waals surface area contributed by atoms with Gasteiger partial charge >= 0.3 is 0 Å². The summed E-state index contributed by atoms with van der Waals surface area (Å²) in [7, 11) is 0. The van der Waals surface area contributed by atoms with Crippen LogP contribution < -0.4 is 0 Å². The number of hydrogen-bond acceptors (Lipinski definition) is 1. The summed E-state index contributed by atoms with van der Waals surface area (Å²) in [4.78, 5) is 0. The third-order valence-electron chi connectivity index (χ3n) is 0.547. The molecular weight excluding hydrogens is 137 g/mol. The van der Waals surface area contributed by atoms with Crippen LogP contribution in [0.4, 0.5) is 13.2 Å². The van der Waals surface area contributed by atoms with Gasteiger partial charge in [0.1, 0.15) is 13.3 Å². The van der Waals surface area contributed by atoms with Gasteiger partial charge in [0, 0.05) is 0 Å². The highest BCUT2D eigenvalue weighted by molar-refractivity contribution is 4.39. The molecule has 0 aromatic carbocycles. The van der Waals surface area contributed by atoms with Crippen molar-refractivity contribution >= 4 is 0 Å². The van der Waals surface area contributed by atoms with Gasteiger partial charge in [-0.1, -0.05) is 0 Å². The summed E-state index contributed by atoms with van der Waals surface area (Å²) in [5, 5.41) is 9.86. The van der Waals surface area contributed by atoms with Crippen LogP contribution in [0.2, 0.25) is 0 Å². The predicted octanol–water partition coefficient (Wildman–Crippen LogP) is 0.994. The van der Waals surface area contributed by atoms with E-state index in [1.165, 1.54) is 0 Å². The van der Waals surface area contributed by atoms with E-state index in [1.54, 1.807) is 0 Å². The molecule has 0 saturated heterocycles. The van der Waals surface area contributed by atoms with Gasteiger partial charge in [0.05, 0.1) is 0 Å². The van der Waals surface area contributed by atoms with E-state index in [-0.39, 0.29) is 0 Å². The van der Waals surface area contributed by atoms with Gasteiger partial charge in [-0.3, -0.25) is 0 Å². The Morgan fingerprint density at radius 1 is 1.33 bits per heavy atom. The van der Waals surface area contributed by atoms with Gasteiger partial charge in [-0.25, -0.2) is 13.2 Å². The molecule has 5 heteroatoms. The molecule has 0 aliphatic carbocycles. The highest BCUT2D eigenvalue weighted by Crippen LogP contribution is 1.99. The first-order valence-corrected chi connectivity index (χ1v) is 2.28.